The van der Waals surface area contributed by atoms with Gasteiger partial charge in [0.25, 0.3) is 0 Å². The first kappa shape index (κ1) is 7.21. The first-order valence-electron chi connectivity index (χ1n) is 2.33. The van der Waals surface area contributed by atoms with Gasteiger partial charge in [0, 0.05) is 0 Å². The number of rotatable bonds is 3. The summed E-state index contributed by atoms with van der Waals surface area (Å²) in [5.74, 6) is -0.301. The van der Waals surface area contributed by atoms with Crippen LogP contribution in [0.2, 0.25) is 0 Å². The molecule has 0 aromatic heterocycles. The Bertz CT molecular complexity index is 86.5. The summed E-state index contributed by atoms with van der Waals surface area (Å²) in [7, 11) is 1.35. The molecule has 0 unspecified atom stereocenters. The number of ether oxygens (including phenoxy) is 1. The van der Waals surface area contributed by atoms with Crippen LogP contribution in [0.15, 0.2) is 12.7 Å². The predicted octanol–water partition coefficient (Wildman–Crippen LogP) is 0.940. The van der Waals surface area contributed by atoms with E-state index in [-0.39, 0.29) is 5.97 Å². The molecule has 0 saturated heterocycles. The fourth-order valence-corrected chi connectivity index (χ4v) is 0.263. The molecule has 0 aliphatic rings. The minimum Gasteiger partial charge on any atom is -0.469 e. The summed E-state index contributed by atoms with van der Waals surface area (Å²) in [6.45, 7) is 3.43. The van der Waals surface area contributed by atoms with Gasteiger partial charge < -0.3 is 4.74 Å². The Balaban J connectivity index is 3.11. The van der Waals surface area contributed by atoms with Crippen LogP contribution in [-0.4, -0.2) is 13.1 Å². The van der Waals surface area contributed by atoms with Crippen molar-refractivity contribution in [2.24, 2.45) is 0 Å². The molecule has 0 N–H and O–H groups in total. The van der Waals surface area contributed by atoms with E-state index in [1.807, 2.05) is 0 Å². The Morgan fingerprint density at radius 1 is 1.88 bits per heavy atom. The molecule has 2 nitrogen and oxygen atoms in total. The molecule has 0 aromatic carbocycles. The summed E-state index contributed by atoms with van der Waals surface area (Å²) in [6.07, 6.45) is 3.64. The highest BCUT2D eigenvalue weighted by molar-refractivity contribution is 5.78. The Labute approximate surface area is 49.1 Å². The topological polar surface area (TPSA) is 26.3 Å². The molecule has 8 heavy (non-hydrogen) atoms. The lowest BCUT2D eigenvalue weighted by Gasteiger charge is -1.91. The monoisotopic (exact) mass is 113 g/mol. The molecule has 0 aliphatic carbocycles. The maximum Gasteiger partial charge on any atom is 0.309 e. The van der Waals surface area contributed by atoms with E-state index < -0.39 is 0 Å². The van der Waals surface area contributed by atoms with Crippen molar-refractivity contribution in [1.29, 1.82) is 0 Å². The Morgan fingerprint density at radius 3 is 2.88 bits per heavy atom. The van der Waals surface area contributed by atoms with Crippen LogP contribution in [-0.2, 0) is 9.53 Å². The number of hydrogen-bond acceptors (Lipinski definition) is 2. The van der Waals surface area contributed by atoms with Gasteiger partial charge in [-0.05, 0) is 6.42 Å². The van der Waals surface area contributed by atoms with Crippen LogP contribution >= 0.6 is 0 Å². The van der Waals surface area contributed by atoms with E-state index in [1.54, 1.807) is 6.08 Å². The zero-order valence-corrected chi connectivity index (χ0v) is 4.89. The number of allylic oxidation sites excluding steroid dienone is 1. The van der Waals surface area contributed by atoms with Crippen molar-refractivity contribution in [3.8, 4) is 0 Å². The third-order valence-corrected chi connectivity index (χ3v) is 0.652. The van der Waals surface area contributed by atoms with E-state index in [0.717, 1.165) is 0 Å². The van der Waals surface area contributed by atoms with Crippen LogP contribution in [0.25, 0.3) is 0 Å². The maximum absolute atomic E-state index is 10.2. The van der Waals surface area contributed by atoms with Gasteiger partial charge in [-0.25, -0.2) is 0 Å². The molecule has 0 amide bonds. The van der Waals surface area contributed by atoms with E-state index in [2.05, 4.69) is 11.3 Å². The minimum absolute atomic E-state index is 0.301. The van der Waals surface area contributed by atoms with Crippen molar-refractivity contribution in [3.63, 3.8) is 0 Å². The zero-order chi connectivity index (χ0) is 6.41. The molecule has 2 heteroatoms. The van der Waals surface area contributed by atoms with Crippen LogP contribution in [0.4, 0.5) is 0 Å². The van der Waals surface area contributed by atoms with Gasteiger partial charge in [-0.1, -0.05) is 6.08 Å². The van der Waals surface area contributed by atoms with Crippen molar-refractivity contribution >= 4 is 5.97 Å². The molecule has 0 rings (SSSR count). The van der Waals surface area contributed by atoms with Crippen LogP contribution in [0.1, 0.15) is 6.42 Å². The van der Waals surface area contributed by atoms with E-state index in [4.69, 9.17) is 0 Å². The molecule has 0 aromatic rings. The maximum atomic E-state index is 10.2. The molecule has 45 valence electrons. The summed E-state index contributed by atoms with van der Waals surface area (Å²) < 4.78 is 4.31. The number of carbonyl (C=O) groups excluding carboxylic acids is 1. The molecule has 0 spiro atoms. The molecular weight excluding hydrogens is 104 g/mol. The fourth-order valence-electron chi connectivity index (χ4n) is 0.263. The van der Waals surface area contributed by atoms with Crippen LogP contribution in [0.5, 0.6) is 0 Å². The van der Waals surface area contributed by atoms with Crippen molar-refractivity contribution in [2.45, 2.75) is 6.42 Å². The third kappa shape index (κ3) is 3.40. The van der Waals surface area contributed by atoms with Gasteiger partial charge in [-0.15, -0.1) is 6.58 Å². The SMILES string of the molecule is C=CC[CH]C(=O)OC. The largest absolute Gasteiger partial charge is 0.469 e. The molecule has 0 bridgehead atoms. The first-order chi connectivity index (χ1) is 3.81. The predicted molar refractivity (Wildman–Crippen MR) is 31.1 cm³/mol. The Morgan fingerprint density at radius 2 is 2.50 bits per heavy atom. The number of carbonyl (C=O) groups is 1. The first-order valence-corrected chi connectivity index (χ1v) is 2.33. The van der Waals surface area contributed by atoms with Gasteiger partial charge in [0.15, 0.2) is 0 Å². The third-order valence-electron chi connectivity index (χ3n) is 0.652. The van der Waals surface area contributed by atoms with E-state index >= 15 is 0 Å². The average molecular weight is 113 g/mol. The molecule has 0 heterocycles. The van der Waals surface area contributed by atoms with E-state index in [1.165, 1.54) is 13.5 Å². The highest BCUT2D eigenvalue weighted by Gasteiger charge is 1.94. The van der Waals surface area contributed by atoms with Gasteiger partial charge in [0.1, 0.15) is 0 Å². The quantitative estimate of drug-likeness (QED) is 0.402. The summed E-state index contributed by atoms with van der Waals surface area (Å²) in [5, 5.41) is 0. The van der Waals surface area contributed by atoms with Crippen LogP contribution in [0, 0.1) is 6.42 Å². The number of hydrogen-bond donors (Lipinski definition) is 0. The molecule has 1 radical (unpaired) electrons. The highest BCUT2D eigenvalue weighted by atomic mass is 16.5. The lowest BCUT2D eigenvalue weighted by atomic mass is 10.3. The Kier molecular flexibility index (Phi) is 3.94. The zero-order valence-electron chi connectivity index (χ0n) is 4.89. The second-order valence-electron chi connectivity index (χ2n) is 1.25. The molecule has 0 fully saturated rings. The van der Waals surface area contributed by atoms with Crippen molar-refractivity contribution in [3.05, 3.63) is 19.1 Å². The average Bonchev–Trinajstić information content (AvgIpc) is 1.83. The fraction of sp³-hybridized carbons (Fsp3) is 0.333. The summed E-state index contributed by atoms with van der Waals surface area (Å²) in [4.78, 5) is 10.2. The van der Waals surface area contributed by atoms with Gasteiger partial charge in [0.05, 0.1) is 13.5 Å². The summed E-state index contributed by atoms with van der Waals surface area (Å²) >= 11 is 0. The van der Waals surface area contributed by atoms with Crippen molar-refractivity contribution in [1.82, 2.24) is 0 Å². The van der Waals surface area contributed by atoms with Crippen LogP contribution < -0.4 is 0 Å². The Hall–Kier alpha value is -0.790. The number of methoxy groups -OCH3 is 1. The minimum atomic E-state index is -0.301. The lowest BCUT2D eigenvalue weighted by Crippen LogP contribution is -1.98. The standard InChI is InChI=1S/C6H9O2/c1-3-4-5-6(7)8-2/h3,5H,1,4H2,2H3. The van der Waals surface area contributed by atoms with Gasteiger partial charge in [-0.3, -0.25) is 4.79 Å². The molecule has 0 saturated carbocycles. The van der Waals surface area contributed by atoms with Crippen LogP contribution in [0.3, 0.4) is 0 Å². The molecule has 0 atom stereocenters. The van der Waals surface area contributed by atoms with Gasteiger partial charge in [-0.2, -0.15) is 0 Å². The van der Waals surface area contributed by atoms with E-state index in [9.17, 15) is 4.79 Å². The highest BCUT2D eigenvalue weighted by Crippen LogP contribution is 1.88. The summed E-state index contributed by atoms with van der Waals surface area (Å²) in [6, 6.07) is 0. The van der Waals surface area contributed by atoms with E-state index in [0.29, 0.717) is 6.42 Å². The summed E-state index contributed by atoms with van der Waals surface area (Å²) in [5.41, 5.74) is 0. The van der Waals surface area contributed by atoms with Crippen molar-refractivity contribution in [2.75, 3.05) is 7.11 Å². The van der Waals surface area contributed by atoms with Crippen molar-refractivity contribution < 1.29 is 9.53 Å². The second kappa shape index (κ2) is 4.37. The van der Waals surface area contributed by atoms with Gasteiger partial charge >= 0.3 is 5.97 Å². The van der Waals surface area contributed by atoms with Gasteiger partial charge in [0.2, 0.25) is 0 Å². The number of esters is 1. The smallest absolute Gasteiger partial charge is 0.309 e. The second-order valence-corrected chi connectivity index (χ2v) is 1.25. The lowest BCUT2D eigenvalue weighted by molar-refractivity contribution is -0.136. The normalized spacial score (nSPS) is 8.12. The molecule has 0 aliphatic heterocycles. The molecular formula is C6H9O2.